The number of likely N-dealkylation sites (tertiary alicyclic amines) is 2. The van der Waals surface area contributed by atoms with Gasteiger partial charge in [0.1, 0.15) is 5.82 Å². The van der Waals surface area contributed by atoms with Crippen LogP contribution in [0.2, 0.25) is 0 Å². The molecule has 144 valence electrons. The van der Waals surface area contributed by atoms with Crippen LogP contribution >= 0.6 is 0 Å². The number of hydrogen-bond acceptors (Lipinski definition) is 5. The summed E-state index contributed by atoms with van der Waals surface area (Å²) in [5.41, 5.74) is 3.14. The fourth-order valence-corrected chi connectivity index (χ4v) is 4.30. The minimum atomic E-state index is 0.247. The van der Waals surface area contributed by atoms with Gasteiger partial charge in [0.05, 0.1) is 30.7 Å². The quantitative estimate of drug-likeness (QED) is 0.895. The maximum atomic E-state index is 12.5. The number of rotatable bonds is 4. The zero-order valence-corrected chi connectivity index (χ0v) is 16.2. The molecule has 1 spiro atoms. The first kappa shape index (κ1) is 18.1. The summed E-state index contributed by atoms with van der Waals surface area (Å²) in [6.07, 6.45) is 9.38. The Morgan fingerprint density at radius 3 is 2.52 bits per heavy atom. The average molecular weight is 368 g/mol. The Labute approximate surface area is 160 Å². The van der Waals surface area contributed by atoms with Gasteiger partial charge in [-0.3, -0.25) is 19.7 Å². The second-order valence-electron chi connectivity index (χ2n) is 8.19. The van der Waals surface area contributed by atoms with Crippen molar-refractivity contribution < 1.29 is 4.79 Å². The van der Waals surface area contributed by atoms with E-state index in [4.69, 9.17) is 0 Å². The normalized spacial score (nSPS) is 20.4. The third-order valence-electron chi connectivity index (χ3n) is 5.98. The van der Waals surface area contributed by atoms with Crippen LogP contribution < -0.4 is 0 Å². The van der Waals surface area contributed by atoms with Gasteiger partial charge < -0.3 is 9.88 Å². The van der Waals surface area contributed by atoms with E-state index < -0.39 is 0 Å². The first-order valence-corrected chi connectivity index (χ1v) is 9.80. The lowest BCUT2D eigenvalue weighted by molar-refractivity contribution is -0.140. The predicted octanol–water partition coefficient (Wildman–Crippen LogP) is 2.22. The van der Waals surface area contributed by atoms with Crippen molar-refractivity contribution in [2.24, 2.45) is 5.41 Å². The van der Waals surface area contributed by atoms with Crippen molar-refractivity contribution in [2.45, 2.75) is 52.6 Å². The molecule has 2 aliphatic rings. The van der Waals surface area contributed by atoms with Gasteiger partial charge in [0.25, 0.3) is 0 Å². The van der Waals surface area contributed by atoms with Gasteiger partial charge in [0.2, 0.25) is 5.91 Å². The summed E-state index contributed by atoms with van der Waals surface area (Å²) in [6.45, 7) is 8.38. The monoisotopic (exact) mass is 368 g/mol. The number of hydrogen-bond donors (Lipinski definition) is 1. The number of carbonyl (C=O) groups is 1. The fraction of sp³-hybridized carbons (Fsp3) is 0.600. The van der Waals surface area contributed by atoms with Crippen molar-refractivity contribution in [3.05, 3.63) is 41.5 Å². The van der Waals surface area contributed by atoms with E-state index in [1.54, 1.807) is 12.4 Å². The van der Waals surface area contributed by atoms with Gasteiger partial charge in [-0.1, -0.05) is 0 Å². The predicted molar refractivity (Wildman–Crippen MR) is 102 cm³/mol. The second-order valence-corrected chi connectivity index (χ2v) is 8.19. The Morgan fingerprint density at radius 2 is 1.85 bits per heavy atom. The molecule has 0 radical (unpaired) electrons. The maximum absolute atomic E-state index is 12.5. The number of nitrogens with one attached hydrogen (secondary N) is 1. The molecule has 2 saturated heterocycles. The highest BCUT2D eigenvalue weighted by Crippen LogP contribution is 2.40. The maximum Gasteiger partial charge on any atom is 0.222 e. The van der Waals surface area contributed by atoms with Crippen LogP contribution in [0.5, 0.6) is 0 Å². The molecule has 1 amide bonds. The molecule has 7 heteroatoms. The molecule has 0 aromatic carbocycles. The topological polar surface area (TPSA) is 78.0 Å². The fourth-order valence-electron chi connectivity index (χ4n) is 4.30. The summed E-state index contributed by atoms with van der Waals surface area (Å²) in [5, 5.41) is 0. The minimum Gasteiger partial charge on any atom is -0.345 e. The van der Waals surface area contributed by atoms with E-state index in [1.165, 1.54) is 0 Å². The molecule has 27 heavy (non-hydrogen) atoms. The van der Waals surface area contributed by atoms with E-state index in [2.05, 4.69) is 24.8 Å². The molecule has 2 aromatic heterocycles. The number of imidazole rings is 1. The highest BCUT2D eigenvalue weighted by atomic mass is 16.2. The van der Waals surface area contributed by atoms with Crippen LogP contribution in [0.1, 0.15) is 48.6 Å². The molecule has 0 unspecified atom stereocenters. The van der Waals surface area contributed by atoms with Crippen LogP contribution in [0, 0.1) is 19.3 Å². The molecule has 2 aromatic rings. The summed E-state index contributed by atoms with van der Waals surface area (Å²) >= 11 is 0. The van der Waals surface area contributed by atoms with Crippen LogP contribution in [0.15, 0.2) is 18.6 Å². The smallest absolute Gasteiger partial charge is 0.222 e. The Bertz CT molecular complexity index is 791. The first-order chi connectivity index (χ1) is 13.0. The van der Waals surface area contributed by atoms with Gasteiger partial charge in [-0.25, -0.2) is 4.98 Å². The number of aromatic nitrogens is 4. The summed E-state index contributed by atoms with van der Waals surface area (Å²) in [4.78, 5) is 33.4. The SMILES string of the molecule is Cc1cnc(CN2CC3(CCC2=O)CCN(Cc2ncc(C)[nH]2)CC3)cn1. The number of H-pyrrole nitrogens is 1. The number of amides is 1. The molecule has 0 atom stereocenters. The number of piperidine rings is 2. The number of aryl methyl sites for hydroxylation is 2. The Morgan fingerprint density at radius 1 is 1.04 bits per heavy atom. The summed E-state index contributed by atoms with van der Waals surface area (Å²) < 4.78 is 0. The first-order valence-electron chi connectivity index (χ1n) is 9.80. The Kier molecular flexibility index (Phi) is 4.95. The lowest BCUT2D eigenvalue weighted by Crippen LogP contribution is -2.51. The molecule has 0 aliphatic carbocycles. The van der Waals surface area contributed by atoms with Gasteiger partial charge in [0, 0.05) is 31.1 Å². The van der Waals surface area contributed by atoms with Gasteiger partial charge in [-0.05, 0) is 51.6 Å². The molecular weight excluding hydrogens is 340 g/mol. The lowest BCUT2D eigenvalue weighted by atomic mass is 9.72. The van der Waals surface area contributed by atoms with Crippen molar-refractivity contribution in [2.75, 3.05) is 19.6 Å². The van der Waals surface area contributed by atoms with Crippen LogP contribution in [0.4, 0.5) is 0 Å². The summed E-state index contributed by atoms with van der Waals surface area (Å²) in [7, 11) is 0. The van der Waals surface area contributed by atoms with E-state index in [9.17, 15) is 4.79 Å². The third-order valence-corrected chi connectivity index (χ3v) is 5.98. The van der Waals surface area contributed by atoms with Crippen LogP contribution in [-0.4, -0.2) is 55.3 Å². The highest BCUT2D eigenvalue weighted by molar-refractivity contribution is 5.77. The van der Waals surface area contributed by atoms with Crippen molar-refractivity contribution in [3.63, 3.8) is 0 Å². The van der Waals surface area contributed by atoms with E-state index in [0.717, 1.165) is 68.3 Å². The molecule has 4 rings (SSSR count). The van der Waals surface area contributed by atoms with Gasteiger partial charge in [0.15, 0.2) is 0 Å². The van der Waals surface area contributed by atoms with E-state index in [0.29, 0.717) is 13.0 Å². The molecule has 2 aliphatic heterocycles. The van der Waals surface area contributed by atoms with Crippen molar-refractivity contribution in [1.82, 2.24) is 29.7 Å². The number of nitrogens with zero attached hydrogens (tertiary/aromatic N) is 5. The third kappa shape index (κ3) is 4.18. The summed E-state index contributed by atoms with van der Waals surface area (Å²) in [6, 6.07) is 0. The Hall–Kier alpha value is -2.28. The summed E-state index contributed by atoms with van der Waals surface area (Å²) in [5.74, 6) is 1.29. The molecule has 0 saturated carbocycles. The average Bonchev–Trinajstić information content (AvgIpc) is 3.07. The molecule has 2 fully saturated rings. The van der Waals surface area contributed by atoms with Gasteiger partial charge in [-0.15, -0.1) is 0 Å². The van der Waals surface area contributed by atoms with E-state index >= 15 is 0 Å². The largest absolute Gasteiger partial charge is 0.345 e. The minimum absolute atomic E-state index is 0.247. The van der Waals surface area contributed by atoms with Gasteiger partial charge in [-0.2, -0.15) is 0 Å². The molecule has 1 N–H and O–H groups in total. The Balaban J connectivity index is 1.36. The van der Waals surface area contributed by atoms with Crippen LogP contribution in [0.25, 0.3) is 0 Å². The van der Waals surface area contributed by atoms with Crippen molar-refractivity contribution in [3.8, 4) is 0 Å². The second kappa shape index (κ2) is 7.38. The number of carbonyl (C=O) groups excluding carboxylic acids is 1. The number of aromatic amines is 1. The van der Waals surface area contributed by atoms with E-state index in [-0.39, 0.29) is 11.3 Å². The molecule has 7 nitrogen and oxygen atoms in total. The molecular formula is C20H28N6O. The van der Waals surface area contributed by atoms with Gasteiger partial charge >= 0.3 is 0 Å². The zero-order chi connectivity index (χ0) is 18.9. The lowest BCUT2D eigenvalue weighted by Gasteiger charge is -2.47. The van der Waals surface area contributed by atoms with Crippen LogP contribution in [-0.2, 0) is 17.9 Å². The zero-order valence-electron chi connectivity index (χ0n) is 16.2. The van der Waals surface area contributed by atoms with E-state index in [1.807, 2.05) is 24.9 Å². The highest BCUT2D eigenvalue weighted by Gasteiger charge is 2.41. The standard InChI is InChI=1S/C20H28N6O/c1-15-9-22-17(11-21-15)12-26-14-20(4-3-19(26)27)5-7-25(8-6-20)13-18-23-10-16(2)24-18/h9-11H,3-8,12-14H2,1-2H3,(H,23,24). The van der Waals surface area contributed by atoms with Crippen molar-refractivity contribution in [1.29, 1.82) is 0 Å². The molecule has 0 bridgehead atoms. The van der Waals surface area contributed by atoms with Crippen molar-refractivity contribution >= 4 is 5.91 Å². The van der Waals surface area contributed by atoms with Crippen LogP contribution in [0.3, 0.4) is 0 Å². The molecule has 4 heterocycles.